The van der Waals surface area contributed by atoms with Crippen molar-refractivity contribution in [2.75, 3.05) is 13.1 Å². The molecule has 1 fully saturated rings. The van der Waals surface area contributed by atoms with Crippen molar-refractivity contribution in [3.8, 4) is 0 Å². The minimum atomic E-state index is -0.352. The quantitative estimate of drug-likeness (QED) is 0.675. The minimum Gasteiger partial charge on any atom is -0.390 e. The van der Waals surface area contributed by atoms with Crippen LogP contribution in [0.1, 0.15) is 39.5 Å². The maximum Gasteiger partial charge on any atom is 0.0672 e. The van der Waals surface area contributed by atoms with E-state index in [2.05, 4.69) is 19.2 Å². The Morgan fingerprint density at radius 3 is 2.42 bits per heavy atom. The zero-order valence-corrected chi connectivity index (χ0v) is 8.27. The number of hydrogen-bond donors (Lipinski definition) is 2. The van der Waals surface area contributed by atoms with Gasteiger partial charge in [0.05, 0.1) is 5.60 Å². The van der Waals surface area contributed by atoms with Crippen LogP contribution in [0.4, 0.5) is 0 Å². The summed E-state index contributed by atoms with van der Waals surface area (Å²) < 4.78 is 0. The van der Waals surface area contributed by atoms with Crippen LogP contribution in [0.2, 0.25) is 0 Å². The maximum absolute atomic E-state index is 10.1. The Morgan fingerprint density at radius 1 is 1.33 bits per heavy atom. The highest BCUT2D eigenvalue weighted by Gasteiger charge is 2.28. The van der Waals surface area contributed by atoms with E-state index in [0.29, 0.717) is 5.92 Å². The Balaban J connectivity index is 2.26. The number of piperidine rings is 1. The molecule has 0 aromatic rings. The third kappa shape index (κ3) is 3.11. The Hall–Kier alpha value is -0.0800. The molecule has 12 heavy (non-hydrogen) atoms. The fourth-order valence-electron chi connectivity index (χ4n) is 1.70. The molecular weight excluding hydrogens is 150 g/mol. The number of hydrogen-bond acceptors (Lipinski definition) is 2. The highest BCUT2D eigenvalue weighted by Crippen LogP contribution is 2.25. The first kappa shape index (κ1) is 10.0. The van der Waals surface area contributed by atoms with Gasteiger partial charge in [-0.15, -0.1) is 0 Å². The summed E-state index contributed by atoms with van der Waals surface area (Å²) in [5.74, 6) is 0.712. The lowest BCUT2D eigenvalue weighted by Crippen LogP contribution is -2.41. The van der Waals surface area contributed by atoms with Crippen molar-refractivity contribution in [1.82, 2.24) is 5.32 Å². The Morgan fingerprint density at radius 2 is 1.92 bits per heavy atom. The van der Waals surface area contributed by atoms with Crippen molar-refractivity contribution < 1.29 is 5.11 Å². The SMILES string of the molecule is CC(C)CCC1(O)CCNCC1. The van der Waals surface area contributed by atoms with Gasteiger partial charge in [0.2, 0.25) is 0 Å². The summed E-state index contributed by atoms with van der Waals surface area (Å²) in [6, 6.07) is 0. The second kappa shape index (κ2) is 4.24. The second-order valence-electron chi connectivity index (χ2n) is 4.41. The van der Waals surface area contributed by atoms with Crippen LogP contribution >= 0.6 is 0 Å². The number of nitrogens with one attached hydrogen (secondary N) is 1. The first-order valence-electron chi connectivity index (χ1n) is 5.05. The van der Waals surface area contributed by atoms with E-state index in [1.807, 2.05) is 0 Å². The Kier molecular flexibility index (Phi) is 3.53. The van der Waals surface area contributed by atoms with E-state index < -0.39 is 0 Å². The normalized spacial score (nSPS) is 23.0. The molecule has 1 heterocycles. The summed E-state index contributed by atoms with van der Waals surface area (Å²) in [6.45, 7) is 6.39. The Labute approximate surface area is 75.4 Å². The molecule has 0 radical (unpaired) electrons. The van der Waals surface area contributed by atoms with Gasteiger partial charge in [0.25, 0.3) is 0 Å². The molecule has 0 aromatic carbocycles. The van der Waals surface area contributed by atoms with E-state index in [1.165, 1.54) is 0 Å². The van der Waals surface area contributed by atoms with E-state index in [0.717, 1.165) is 38.8 Å². The minimum absolute atomic E-state index is 0.352. The van der Waals surface area contributed by atoms with Gasteiger partial charge in [-0.25, -0.2) is 0 Å². The van der Waals surface area contributed by atoms with Gasteiger partial charge >= 0.3 is 0 Å². The fraction of sp³-hybridized carbons (Fsp3) is 1.00. The van der Waals surface area contributed by atoms with Crippen molar-refractivity contribution in [1.29, 1.82) is 0 Å². The highest BCUT2D eigenvalue weighted by atomic mass is 16.3. The van der Waals surface area contributed by atoms with E-state index in [4.69, 9.17) is 0 Å². The van der Waals surface area contributed by atoms with Crippen molar-refractivity contribution in [3.05, 3.63) is 0 Å². The van der Waals surface area contributed by atoms with E-state index >= 15 is 0 Å². The Bertz CT molecular complexity index is 128. The molecule has 2 heteroatoms. The van der Waals surface area contributed by atoms with Crippen LogP contribution in [-0.2, 0) is 0 Å². The molecule has 0 spiro atoms. The first-order valence-corrected chi connectivity index (χ1v) is 5.05. The van der Waals surface area contributed by atoms with Gasteiger partial charge in [0, 0.05) is 0 Å². The lowest BCUT2D eigenvalue weighted by Gasteiger charge is -2.33. The third-order valence-electron chi connectivity index (χ3n) is 2.72. The molecule has 1 aliphatic rings. The molecule has 1 rings (SSSR count). The van der Waals surface area contributed by atoms with E-state index in [1.54, 1.807) is 0 Å². The standard InChI is InChI=1S/C10H21NO/c1-9(2)3-4-10(12)5-7-11-8-6-10/h9,11-12H,3-8H2,1-2H3. The number of aliphatic hydroxyl groups is 1. The first-order chi connectivity index (χ1) is 5.62. The van der Waals surface area contributed by atoms with E-state index in [-0.39, 0.29) is 5.60 Å². The van der Waals surface area contributed by atoms with Crippen LogP contribution in [0.15, 0.2) is 0 Å². The van der Waals surface area contributed by atoms with Gasteiger partial charge in [0.1, 0.15) is 0 Å². The predicted octanol–water partition coefficient (Wildman–Crippen LogP) is 1.54. The molecule has 0 saturated carbocycles. The van der Waals surface area contributed by atoms with Crippen LogP contribution in [0.5, 0.6) is 0 Å². The van der Waals surface area contributed by atoms with Crippen LogP contribution in [0.25, 0.3) is 0 Å². The summed E-state index contributed by atoms with van der Waals surface area (Å²) in [6.07, 6.45) is 3.99. The molecule has 0 aliphatic carbocycles. The van der Waals surface area contributed by atoms with Crippen LogP contribution in [-0.4, -0.2) is 23.8 Å². The lowest BCUT2D eigenvalue weighted by molar-refractivity contribution is -0.00185. The van der Waals surface area contributed by atoms with Crippen LogP contribution in [0, 0.1) is 5.92 Å². The van der Waals surface area contributed by atoms with Crippen molar-refractivity contribution in [2.45, 2.75) is 45.1 Å². The van der Waals surface area contributed by atoms with E-state index in [9.17, 15) is 5.11 Å². The molecule has 72 valence electrons. The topological polar surface area (TPSA) is 32.3 Å². The van der Waals surface area contributed by atoms with Crippen molar-refractivity contribution >= 4 is 0 Å². The lowest BCUT2D eigenvalue weighted by atomic mass is 9.86. The van der Waals surface area contributed by atoms with Gasteiger partial charge in [0.15, 0.2) is 0 Å². The third-order valence-corrected chi connectivity index (χ3v) is 2.72. The smallest absolute Gasteiger partial charge is 0.0672 e. The summed E-state index contributed by atoms with van der Waals surface area (Å²) in [7, 11) is 0. The molecule has 0 bridgehead atoms. The molecule has 0 unspecified atom stereocenters. The monoisotopic (exact) mass is 171 g/mol. The highest BCUT2D eigenvalue weighted by molar-refractivity contribution is 4.84. The molecule has 2 N–H and O–H groups in total. The van der Waals surface area contributed by atoms with Gasteiger partial charge in [-0.1, -0.05) is 13.8 Å². The van der Waals surface area contributed by atoms with Crippen molar-refractivity contribution in [2.24, 2.45) is 5.92 Å². The van der Waals surface area contributed by atoms with Crippen LogP contribution < -0.4 is 5.32 Å². The van der Waals surface area contributed by atoms with Gasteiger partial charge < -0.3 is 10.4 Å². The zero-order chi connectivity index (χ0) is 9.03. The van der Waals surface area contributed by atoms with Gasteiger partial charge in [-0.05, 0) is 44.7 Å². The summed E-state index contributed by atoms with van der Waals surface area (Å²) in [4.78, 5) is 0. The van der Waals surface area contributed by atoms with Gasteiger partial charge in [-0.2, -0.15) is 0 Å². The molecule has 1 aliphatic heterocycles. The largest absolute Gasteiger partial charge is 0.390 e. The summed E-state index contributed by atoms with van der Waals surface area (Å²) in [5, 5.41) is 13.3. The average Bonchev–Trinajstić information content (AvgIpc) is 2.03. The molecule has 1 saturated heterocycles. The fourth-order valence-corrected chi connectivity index (χ4v) is 1.70. The summed E-state index contributed by atoms with van der Waals surface area (Å²) >= 11 is 0. The van der Waals surface area contributed by atoms with Crippen LogP contribution in [0.3, 0.4) is 0 Å². The molecule has 0 aromatic heterocycles. The molecule has 0 amide bonds. The zero-order valence-electron chi connectivity index (χ0n) is 8.27. The summed E-state index contributed by atoms with van der Waals surface area (Å²) in [5.41, 5.74) is -0.352. The molecule has 0 atom stereocenters. The maximum atomic E-state index is 10.1. The predicted molar refractivity (Wildman–Crippen MR) is 51.1 cm³/mol. The second-order valence-corrected chi connectivity index (χ2v) is 4.41. The average molecular weight is 171 g/mol. The number of rotatable bonds is 3. The van der Waals surface area contributed by atoms with Gasteiger partial charge in [-0.3, -0.25) is 0 Å². The van der Waals surface area contributed by atoms with Crippen molar-refractivity contribution in [3.63, 3.8) is 0 Å². The molecular formula is C10H21NO. The molecule has 2 nitrogen and oxygen atoms in total.